The van der Waals surface area contributed by atoms with E-state index in [2.05, 4.69) is 45.9 Å². The number of carbonyl (C=O) groups excluding carboxylic acids is 5. The van der Waals surface area contributed by atoms with Crippen LogP contribution in [0.1, 0.15) is 107 Å². The summed E-state index contributed by atoms with van der Waals surface area (Å²) in [6.07, 6.45) is 11.3. The zero-order chi connectivity index (χ0) is 45.0. The Bertz CT molecular complexity index is 2020. The van der Waals surface area contributed by atoms with Crippen LogP contribution in [0.3, 0.4) is 0 Å². The van der Waals surface area contributed by atoms with Gasteiger partial charge in [0.15, 0.2) is 5.78 Å². The molecule has 0 heterocycles. The molecule has 4 N–H and O–H groups in total. The van der Waals surface area contributed by atoms with Crippen molar-refractivity contribution >= 4 is 40.7 Å². The Morgan fingerprint density at radius 2 is 1.48 bits per heavy atom. The lowest BCUT2D eigenvalue weighted by atomic mass is 9.46. The summed E-state index contributed by atoms with van der Waals surface area (Å²) in [6, 6.07) is 12.9. The summed E-state index contributed by atoms with van der Waals surface area (Å²) < 4.78 is 17.2. The maximum Gasteiger partial charge on any atom is 0.250 e. The topological polar surface area (TPSA) is 218 Å². The van der Waals surface area contributed by atoms with Gasteiger partial charge in [0, 0.05) is 52.9 Å². The summed E-state index contributed by atoms with van der Waals surface area (Å²) >= 11 is 0. The van der Waals surface area contributed by atoms with Gasteiger partial charge >= 0.3 is 0 Å². The van der Waals surface area contributed by atoms with E-state index in [0.717, 1.165) is 51.4 Å². The van der Waals surface area contributed by atoms with E-state index >= 15 is 0 Å². The number of benzene rings is 2. The van der Waals surface area contributed by atoms with Crippen molar-refractivity contribution in [1.29, 1.82) is 0 Å². The second-order valence-electron chi connectivity index (χ2n) is 18.2. The van der Waals surface area contributed by atoms with Gasteiger partial charge in [-0.3, -0.25) is 24.0 Å². The van der Waals surface area contributed by atoms with Crippen LogP contribution in [0, 0.1) is 34.5 Å². The number of carbonyl (C=O) groups is 5. The number of Topliss-reactive ketones (excluding diaryl/α,β-unsaturated/α-hetero) is 1. The van der Waals surface area contributed by atoms with E-state index in [-0.39, 0.29) is 92.0 Å². The fourth-order valence-electron chi connectivity index (χ4n) is 11.0. The molecule has 0 spiro atoms. The number of anilines is 2. The van der Waals surface area contributed by atoms with Crippen LogP contribution < -0.4 is 16.0 Å². The Balaban J connectivity index is 0.874. The van der Waals surface area contributed by atoms with Gasteiger partial charge in [0.25, 0.3) is 0 Å². The first-order chi connectivity index (χ1) is 30.3. The van der Waals surface area contributed by atoms with Crippen molar-refractivity contribution in [3.63, 3.8) is 0 Å². The van der Waals surface area contributed by atoms with Crippen LogP contribution in [0.15, 0.2) is 65.3 Å². The highest BCUT2D eigenvalue weighted by Gasteiger charge is 2.61. The van der Waals surface area contributed by atoms with Crippen molar-refractivity contribution in [2.24, 2.45) is 39.6 Å². The number of rotatable bonds is 22. The Hall–Kier alpha value is -4.92. The molecule has 3 amide bonds. The Morgan fingerprint density at radius 3 is 2.16 bits per heavy atom. The summed E-state index contributed by atoms with van der Waals surface area (Å²) in [7, 11) is 0. The van der Waals surface area contributed by atoms with Gasteiger partial charge in [-0.05, 0) is 147 Å². The first-order valence-corrected chi connectivity index (χ1v) is 22.6. The minimum Gasteiger partial charge on any atom is -0.393 e. The zero-order valence-electron chi connectivity index (χ0n) is 36.9. The van der Waals surface area contributed by atoms with Gasteiger partial charge in [0.2, 0.25) is 17.7 Å². The number of nitrogens with one attached hydrogen (secondary N) is 3. The summed E-state index contributed by atoms with van der Waals surface area (Å²) in [5.41, 5.74) is 11.5. The van der Waals surface area contributed by atoms with Crippen molar-refractivity contribution in [3.8, 4) is 0 Å². The third-order valence-electron chi connectivity index (χ3n) is 14.2. The molecule has 2 aromatic rings. The van der Waals surface area contributed by atoms with E-state index in [4.69, 9.17) is 19.7 Å². The number of aliphatic hydroxyl groups excluding tert-OH is 1. The number of nitrogens with zero attached hydrogens (tertiary/aromatic N) is 3. The quantitative estimate of drug-likeness (QED) is 0.0232. The number of azide groups is 1. The number of amides is 3. The minimum absolute atomic E-state index is 0.00697. The van der Waals surface area contributed by atoms with Gasteiger partial charge < -0.3 is 35.3 Å². The molecule has 0 unspecified atom stereocenters. The number of fused-ring (bicyclic) bond motifs is 5. The van der Waals surface area contributed by atoms with Crippen molar-refractivity contribution in [1.82, 2.24) is 5.32 Å². The molecule has 6 rings (SSSR count). The molecule has 3 saturated carbocycles. The van der Waals surface area contributed by atoms with Crippen LogP contribution in [0.4, 0.5) is 11.4 Å². The monoisotopic (exact) mass is 868 g/mol. The number of unbranched alkanes of at least 4 members (excludes halogenated alkanes) is 2. The van der Waals surface area contributed by atoms with Gasteiger partial charge in [-0.15, -0.1) is 0 Å². The first kappa shape index (κ1) is 47.6. The van der Waals surface area contributed by atoms with Crippen molar-refractivity contribution in [3.05, 3.63) is 81.7 Å². The normalized spacial score (nSPS) is 27.1. The molecule has 4 aliphatic rings. The Morgan fingerprint density at radius 1 is 0.794 bits per heavy atom. The Labute approximate surface area is 370 Å². The van der Waals surface area contributed by atoms with E-state index in [1.165, 1.54) is 5.57 Å². The minimum atomic E-state index is -0.383. The molecule has 15 heteroatoms. The average Bonchev–Trinajstić information content (AvgIpc) is 3.63. The number of aliphatic hydroxyl groups is 1. The second kappa shape index (κ2) is 22.1. The van der Waals surface area contributed by atoms with Gasteiger partial charge in [0.05, 0.1) is 38.6 Å². The molecule has 4 aliphatic carbocycles. The molecule has 0 bridgehead atoms. The summed E-state index contributed by atoms with van der Waals surface area (Å²) in [6.45, 7) is 7.71. The van der Waals surface area contributed by atoms with E-state index in [0.29, 0.717) is 71.9 Å². The van der Waals surface area contributed by atoms with E-state index in [1.807, 2.05) is 0 Å². The van der Waals surface area contributed by atoms with E-state index in [9.17, 15) is 29.1 Å². The molecule has 15 nitrogen and oxygen atoms in total. The van der Waals surface area contributed by atoms with Crippen LogP contribution in [0.25, 0.3) is 10.4 Å². The third kappa shape index (κ3) is 12.0. The predicted molar refractivity (Wildman–Crippen MR) is 238 cm³/mol. The van der Waals surface area contributed by atoms with Crippen LogP contribution in [0.2, 0.25) is 0 Å². The largest absolute Gasteiger partial charge is 0.393 e. The maximum absolute atomic E-state index is 13.1. The predicted octanol–water partition coefficient (Wildman–Crippen LogP) is 7.34. The molecule has 0 radical (unpaired) electrons. The fraction of sp³-hybridized carbons (Fsp3) is 0.604. The smallest absolute Gasteiger partial charge is 0.250 e. The molecule has 8 atom stereocenters. The van der Waals surface area contributed by atoms with Crippen LogP contribution >= 0.6 is 0 Å². The molecular formula is C48H64N6O9. The molecule has 2 aromatic carbocycles. The highest BCUT2D eigenvalue weighted by molar-refractivity contribution is 6.09. The molecule has 0 aliphatic heterocycles. The van der Waals surface area contributed by atoms with Gasteiger partial charge in [0.1, 0.15) is 12.4 Å². The first-order valence-electron chi connectivity index (χ1n) is 22.6. The summed E-state index contributed by atoms with van der Waals surface area (Å²) in [4.78, 5) is 65.9. The Kier molecular flexibility index (Phi) is 16.7. The highest BCUT2D eigenvalue weighted by atomic mass is 16.5. The number of hydrogen-bond donors (Lipinski definition) is 4. The van der Waals surface area contributed by atoms with Crippen molar-refractivity contribution in [2.45, 2.75) is 104 Å². The fourth-order valence-corrected chi connectivity index (χ4v) is 11.0. The summed E-state index contributed by atoms with van der Waals surface area (Å²) in [5, 5.41) is 22.1. The van der Waals surface area contributed by atoms with Crippen LogP contribution in [-0.4, -0.2) is 92.7 Å². The van der Waals surface area contributed by atoms with E-state index < -0.39 is 0 Å². The maximum atomic E-state index is 13.1. The van der Waals surface area contributed by atoms with Crippen LogP contribution in [-0.2, 0) is 33.4 Å². The van der Waals surface area contributed by atoms with Crippen molar-refractivity contribution < 1.29 is 43.3 Å². The molecule has 0 saturated heterocycles. The van der Waals surface area contributed by atoms with Gasteiger partial charge in [-0.25, -0.2) is 0 Å². The van der Waals surface area contributed by atoms with Gasteiger partial charge in [-0.1, -0.05) is 37.0 Å². The number of ether oxygens (including phenoxy) is 3. The highest BCUT2D eigenvalue weighted by Crippen LogP contribution is 2.66. The average molecular weight is 869 g/mol. The zero-order valence-corrected chi connectivity index (χ0v) is 36.9. The molecule has 3 fully saturated rings. The molecule has 0 aromatic heterocycles. The molecule has 340 valence electrons. The molecule has 63 heavy (non-hydrogen) atoms. The lowest BCUT2D eigenvalue weighted by Crippen LogP contribution is -2.55. The standard InChI is InChI=1S/C48H64N6O9/c1-31(55)38-16-17-39-45-40(19-21-48(38,39)3)47(2)20-18-37(56)27-34(47)28-41(45)63-23-6-4-5-7-42(57)50-29-43(58)52-35-12-8-32(9-13-35)46(60)33-10-14-36(15-11-33)53-44(59)30-62-26-25-61-24-22-51-54-49/h8-15,28,37-41,45,56H,4-7,16-27,29-30H2,1-3H3,(H,50,57)(H,52,58)(H,53,59)/t37-,38+,39-,40-,41+,45-,47-,48+/m0/s1. The van der Waals surface area contributed by atoms with Gasteiger partial charge in [-0.2, -0.15) is 0 Å². The molecular weight excluding hydrogens is 805 g/mol. The number of hydrogen-bond acceptors (Lipinski definition) is 10. The third-order valence-corrected chi connectivity index (χ3v) is 14.2. The lowest BCUT2D eigenvalue weighted by molar-refractivity contribution is -0.134. The lowest BCUT2D eigenvalue weighted by Gasteiger charge is -2.59. The second-order valence-corrected chi connectivity index (χ2v) is 18.2. The SMILES string of the molecule is CC(=O)[C@H]1CC[C@H]2[C@@H]3[C@H](OCCCCCC(=O)NCC(=O)Nc4ccc(C(=O)c5ccc(NC(=O)COCCOCCN=[N+]=[N-])cc5)cc4)C=C4C[C@@H](O)CC[C@]4(C)[C@H]3CC[C@]12C. The van der Waals surface area contributed by atoms with E-state index in [1.54, 1.807) is 55.5 Å². The summed E-state index contributed by atoms with van der Waals surface area (Å²) in [5.74, 6) is 0.541. The van der Waals surface area contributed by atoms with Crippen molar-refractivity contribution in [2.75, 3.05) is 56.8 Å². The number of ketones is 2. The van der Waals surface area contributed by atoms with Crippen LogP contribution in [0.5, 0.6) is 0 Å².